The minimum absolute atomic E-state index is 0.177. The molecule has 0 aliphatic rings. The molecule has 0 amide bonds. The normalized spacial score (nSPS) is 10.8. The predicted octanol–water partition coefficient (Wildman–Crippen LogP) is -0.566. The Bertz CT molecular complexity index is 614. The van der Waals surface area contributed by atoms with Crippen LogP contribution in [-0.4, -0.2) is 21.3 Å². The number of aromatic nitrogens is 3. The van der Waals surface area contributed by atoms with Gasteiger partial charge in [0.05, 0.1) is 5.39 Å². The standard InChI is InChI=1S/C10H12N4O2/c11-4-2-6-14-10(16)7-3-1-5-12-8(7)9(15)13-14/h1,3,5H,2,4,6,11H2,(H,13,15). The van der Waals surface area contributed by atoms with Crippen molar-refractivity contribution in [3.05, 3.63) is 39.0 Å². The lowest BCUT2D eigenvalue weighted by atomic mass is 10.3. The molecule has 2 rings (SSSR count). The van der Waals surface area contributed by atoms with Gasteiger partial charge in [-0.2, -0.15) is 0 Å². The number of pyridine rings is 1. The zero-order chi connectivity index (χ0) is 11.5. The van der Waals surface area contributed by atoms with Crippen molar-refractivity contribution in [2.24, 2.45) is 5.73 Å². The van der Waals surface area contributed by atoms with Crippen molar-refractivity contribution < 1.29 is 0 Å². The summed E-state index contributed by atoms with van der Waals surface area (Å²) < 4.78 is 1.28. The first-order valence-electron chi connectivity index (χ1n) is 5.02. The molecule has 0 radical (unpaired) electrons. The van der Waals surface area contributed by atoms with Crippen LogP contribution in [-0.2, 0) is 6.54 Å². The summed E-state index contributed by atoms with van der Waals surface area (Å²) in [5.41, 5.74) is 4.94. The van der Waals surface area contributed by atoms with E-state index in [2.05, 4.69) is 10.1 Å². The minimum atomic E-state index is -0.354. The largest absolute Gasteiger partial charge is 0.330 e. The molecule has 6 heteroatoms. The summed E-state index contributed by atoms with van der Waals surface area (Å²) in [7, 11) is 0. The van der Waals surface area contributed by atoms with E-state index in [-0.39, 0.29) is 16.6 Å². The van der Waals surface area contributed by atoms with Crippen LogP contribution in [0.3, 0.4) is 0 Å². The number of aromatic amines is 1. The third-order valence-electron chi connectivity index (χ3n) is 2.32. The Morgan fingerprint density at radius 2 is 2.25 bits per heavy atom. The maximum absolute atomic E-state index is 11.9. The van der Waals surface area contributed by atoms with Gasteiger partial charge in [-0.15, -0.1) is 0 Å². The second kappa shape index (κ2) is 4.28. The van der Waals surface area contributed by atoms with E-state index in [1.807, 2.05) is 0 Å². The summed E-state index contributed by atoms with van der Waals surface area (Å²) in [6, 6.07) is 3.23. The SMILES string of the molecule is NCCCn1[nH]c(=O)c2ncccc2c1=O. The maximum Gasteiger partial charge on any atom is 0.289 e. The maximum atomic E-state index is 11.9. The number of nitrogens with zero attached hydrogens (tertiary/aromatic N) is 2. The average Bonchev–Trinajstić information content (AvgIpc) is 2.32. The highest BCUT2D eigenvalue weighted by Gasteiger charge is 2.06. The van der Waals surface area contributed by atoms with E-state index >= 15 is 0 Å². The molecule has 0 saturated heterocycles. The number of rotatable bonds is 3. The molecule has 6 nitrogen and oxygen atoms in total. The molecule has 0 aromatic carbocycles. The van der Waals surface area contributed by atoms with Gasteiger partial charge in [-0.3, -0.25) is 19.7 Å². The zero-order valence-corrected chi connectivity index (χ0v) is 8.64. The van der Waals surface area contributed by atoms with Crippen LogP contribution >= 0.6 is 0 Å². The van der Waals surface area contributed by atoms with Gasteiger partial charge in [0.15, 0.2) is 0 Å². The first-order chi connectivity index (χ1) is 7.74. The molecule has 0 aliphatic heterocycles. The molecular formula is C10H12N4O2. The zero-order valence-electron chi connectivity index (χ0n) is 8.64. The van der Waals surface area contributed by atoms with Crippen LogP contribution in [0.25, 0.3) is 10.9 Å². The highest BCUT2D eigenvalue weighted by molar-refractivity contribution is 5.75. The van der Waals surface area contributed by atoms with E-state index in [0.29, 0.717) is 24.9 Å². The van der Waals surface area contributed by atoms with Crippen molar-refractivity contribution in [2.45, 2.75) is 13.0 Å². The molecule has 3 N–H and O–H groups in total. The molecule has 2 aromatic rings. The molecule has 2 heterocycles. The third kappa shape index (κ3) is 1.74. The monoisotopic (exact) mass is 220 g/mol. The van der Waals surface area contributed by atoms with Gasteiger partial charge in [-0.05, 0) is 25.1 Å². The Morgan fingerprint density at radius 1 is 1.44 bits per heavy atom. The lowest BCUT2D eigenvalue weighted by Gasteiger charge is -2.05. The topological polar surface area (TPSA) is 93.8 Å². The summed E-state index contributed by atoms with van der Waals surface area (Å²) in [5, 5.41) is 2.82. The summed E-state index contributed by atoms with van der Waals surface area (Å²) in [6.45, 7) is 0.884. The molecule has 0 saturated carbocycles. The molecule has 0 unspecified atom stereocenters. The fourth-order valence-corrected chi connectivity index (χ4v) is 1.54. The molecule has 16 heavy (non-hydrogen) atoms. The van der Waals surface area contributed by atoms with Gasteiger partial charge in [0.2, 0.25) is 0 Å². The minimum Gasteiger partial charge on any atom is -0.330 e. The van der Waals surface area contributed by atoms with Gasteiger partial charge in [0, 0.05) is 12.7 Å². The van der Waals surface area contributed by atoms with Crippen LogP contribution in [0.1, 0.15) is 6.42 Å². The van der Waals surface area contributed by atoms with Crippen molar-refractivity contribution in [1.29, 1.82) is 0 Å². The summed E-state index contributed by atoms with van der Waals surface area (Å²) in [5.74, 6) is 0. The van der Waals surface area contributed by atoms with Gasteiger partial charge >= 0.3 is 0 Å². The van der Waals surface area contributed by atoms with Gasteiger partial charge in [-0.1, -0.05) is 0 Å². The Balaban J connectivity index is 2.66. The number of hydrogen-bond donors (Lipinski definition) is 2. The van der Waals surface area contributed by atoms with Crippen molar-refractivity contribution in [3.8, 4) is 0 Å². The summed E-state index contributed by atoms with van der Waals surface area (Å²) in [4.78, 5) is 27.4. The molecule has 2 aromatic heterocycles. The van der Waals surface area contributed by atoms with Crippen molar-refractivity contribution in [1.82, 2.24) is 14.8 Å². The number of nitrogens with two attached hydrogens (primary N) is 1. The predicted molar refractivity (Wildman–Crippen MR) is 60.3 cm³/mol. The smallest absolute Gasteiger partial charge is 0.289 e. The number of nitrogens with one attached hydrogen (secondary N) is 1. The molecule has 0 spiro atoms. The number of hydrogen-bond acceptors (Lipinski definition) is 4. The fourth-order valence-electron chi connectivity index (χ4n) is 1.54. The van der Waals surface area contributed by atoms with Crippen molar-refractivity contribution in [3.63, 3.8) is 0 Å². The highest BCUT2D eigenvalue weighted by atomic mass is 16.2. The Hall–Kier alpha value is -1.95. The van der Waals surface area contributed by atoms with Crippen LogP contribution in [0.5, 0.6) is 0 Å². The van der Waals surface area contributed by atoms with E-state index in [4.69, 9.17) is 5.73 Å². The number of H-pyrrole nitrogens is 1. The highest BCUT2D eigenvalue weighted by Crippen LogP contribution is 1.98. The lowest BCUT2D eigenvalue weighted by Crippen LogP contribution is -2.30. The molecule has 0 bridgehead atoms. The van der Waals surface area contributed by atoms with Crippen molar-refractivity contribution in [2.75, 3.05) is 6.54 Å². The van der Waals surface area contributed by atoms with Gasteiger partial charge in [0.1, 0.15) is 5.52 Å². The fraction of sp³-hybridized carbons (Fsp3) is 0.300. The van der Waals surface area contributed by atoms with Crippen LogP contribution in [0.4, 0.5) is 0 Å². The van der Waals surface area contributed by atoms with E-state index in [9.17, 15) is 9.59 Å². The van der Waals surface area contributed by atoms with Crippen LogP contribution < -0.4 is 16.9 Å². The molecule has 0 atom stereocenters. The van der Waals surface area contributed by atoms with Gasteiger partial charge in [0.25, 0.3) is 11.1 Å². The van der Waals surface area contributed by atoms with Crippen molar-refractivity contribution >= 4 is 10.9 Å². The second-order valence-electron chi connectivity index (χ2n) is 3.44. The third-order valence-corrected chi connectivity index (χ3v) is 2.32. The molecular weight excluding hydrogens is 208 g/mol. The molecule has 0 aliphatic carbocycles. The Kier molecular flexibility index (Phi) is 2.82. The van der Waals surface area contributed by atoms with E-state index in [1.165, 1.54) is 10.9 Å². The van der Waals surface area contributed by atoms with Gasteiger partial charge < -0.3 is 5.73 Å². The number of fused-ring (bicyclic) bond motifs is 1. The lowest BCUT2D eigenvalue weighted by molar-refractivity contribution is 0.552. The van der Waals surface area contributed by atoms with E-state index in [0.717, 1.165) is 0 Å². The quantitative estimate of drug-likeness (QED) is 0.724. The Morgan fingerprint density at radius 3 is 3.00 bits per heavy atom. The summed E-state index contributed by atoms with van der Waals surface area (Å²) >= 11 is 0. The first-order valence-corrected chi connectivity index (χ1v) is 5.02. The van der Waals surface area contributed by atoms with Crippen LogP contribution in [0.15, 0.2) is 27.9 Å². The second-order valence-corrected chi connectivity index (χ2v) is 3.44. The number of aryl methyl sites for hydroxylation is 1. The van der Waals surface area contributed by atoms with Gasteiger partial charge in [-0.25, -0.2) is 4.68 Å². The average molecular weight is 220 g/mol. The first kappa shape index (κ1) is 10.6. The van der Waals surface area contributed by atoms with E-state index in [1.54, 1.807) is 12.1 Å². The van der Waals surface area contributed by atoms with E-state index < -0.39 is 0 Å². The van der Waals surface area contributed by atoms with Crippen LogP contribution in [0.2, 0.25) is 0 Å². The van der Waals surface area contributed by atoms with Crippen LogP contribution in [0, 0.1) is 0 Å². The molecule has 84 valence electrons. The summed E-state index contributed by atoms with van der Waals surface area (Å²) in [6.07, 6.45) is 2.13. The Labute approximate surface area is 90.7 Å². The molecule has 0 fully saturated rings.